The highest BCUT2D eigenvalue weighted by molar-refractivity contribution is 6.06. The number of aromatic nitrogens is 2. The van der Waals surface area contributed by atoms with Gasteiger partial charge < -0.3 is 15.0 Å². The Kier molecular flexibility index (Phi) is 4.76. The number of hydrogen-bond acceptors (Lipinski definition) is 4. The smallest absolute Gasteiger partial charge is 0.258 e. The third kappa shape index (κ3) is 3.44. The molecule has 0 fully saturated rings. The van der Waals surface area contributed by atoms with Crippen molar-refractivity contribution in [3.05, 3.63) is 46.5 Å². The van der Waals surface area contributed by atoms with Gasteiger partial charge in [-0.2, -0.15) is 0 Å². The van der Waals surface area contributed by atoms with Crippen LogP contribution in [-0.2, 0) is 7.05 Å². The van der Waals surface area contributed by atoms with Crippen LogP contribution in [0.2, 0.25) is 0 Å². The first-order chi connectivity index (χ1) is 12.2. The van der Waals surface area contributed by atoms with E-state index in [1.807, 2.05) is 38.1 Å². The molecule has 0 saturated carbocycles. The minimum Gasteiger partial charge on any atom is -0.492 e. The number of aryl methyl sites for hydroxylation is 2. The number of rotatable bonds is 5. The van der Waals surface area contributed by atoms with Gasteiger partial charge in [0.2, 0.25) is 0 Å². The Balaban J connectivity index is 2.03. The summed E-state index contributed by atoms with van der Waals surface area (Å²) in [6.45, 7) is 8.62. The summed E-state index contributed by atoms with van der Waals surface area (Å²) in [5.41, 5.74) is 7.58. The molecule has 2 N–H and O–H groups in total. The third-order valence-electron chi connectivity index (χ3n) is 4.70. The van der Waals surface area contributed by atoms with E-state index in [1.54, 1.807) is 17.8 Å². The molecule has 0 bridgehead atoms. The highest BCUT2D eigenvalue weighted by Crippen LogP contribution is 2.27. The Labute approximate surface area is 153 Å². The minimum atomic E-state index is -0.403. The van der Waals surface area contributed by atoms with E-state index in [-0.39, 0.29) is 5.56 Å². The Morgan fingerprint density at radius 1 is 1.23 bits per heavy atom. The van der Waals surface area contributed by atoms with Crippen molar-refractivity contribution in [3.63, 3.8) is 0 Å². The first-order valence-electron chi connectivity index (χ1n) is 8.99. The topological polar surface area (TPSA) is 70.1 Å². The van der Waals surface area contributed by atoms with E-state index in [1.165, 1.54) is 0 Å². The van der Waals surface area contributed by atoms with Crippen LogP contribution >= 0.6 is 0 Å². The van der Waals surface area contributed by atoms with E-state index >= 15 is 0 Å². The molecule has 0 aliphatic heterocycles. The van der Waals surface area contributed by atoms with Crippen LogP contribution in [0.3, 0.4) is 0 Å². The molecule has 26 heavy (non-hydrogen) atoms. The molecule has 0 aliphatic rings. The Morgan fingerprint density at radius 3 is 2.65 bits per heavy atom. The van der Waals surface area contributed by atoms with Gasteiger partial charge in [-0.1, -0.05) is 13.8 Å². The van der Waals surface area contributed by atoms with Gasteiger partial charge in [-0.15, -0.1) is 0 Å². The molecule has 5 heteroatoms. The molecule has 1 aromatic carbocycles. The number of pyridine rings is 2. The van der Waals surface area contributed by atoms with Gasteiger partial charge in [0, 0.05) is 24.2 Å². The highest BCUT2D eigenvalue weighted by atomic mass is 16.5. The Morgan fingerprint density at radius 2 is 1.96 bits per heavy atom. The van der Waals surface area contributed by atoms with E-state index in [0.717, 1.165) is 28.4 Å². The molecule has 138 valence electrons. The molecule has 0 saturated heterocycles. The van der Waals surface area contributed by atoms with Gasteiger partial charge in [-0.05, 0) is 55.8 Å². The predicted molar refractivity (Wildman–Crippen MR) is 107 cm³/mol. The lowest BCUT2D eigenvalue weighted by atomic mass is 9.93. The predicted octanol–water partition coefficient (Wildman–Crippen LogP) is 3.54. The number of nitrogens with zero attached hydrogens (tertiary/aromatic N) is 2. The number of hydrogen-bond donors (Lipinski definition) is 1. The summed E-state index contributed by atoms with van der Waals surface area (Å²) in [5.74, 6) is 1.17. The molecule has 5 nitrogen and oxygen atoms in total. The maximum Gasteiger partial charge on any atom is 0.258 e. The lowest BCUT2D eigenvalue weighted by Crippen LogP contribution is -2.43. The van der Waals surface area contributed by atoms with Crippen LogP contribution in [0, 0.1) is 12.8 Å². The minimum absolute atomic E-state index is 0.0493. The fraction of sp³-hybridized carbons (Fsp3) is 0.429. The summed E-state index contributed by atoms with van der Waals surface area (Å²) in [5, 5.41) is 2.58. The zero-order chi connectivity index (χ0) is 19.1. The molecule has 0 amide bonds. The summed E-state index contributed by atoms with van der Waals surface area (Å²) in [6.07, 6.45) is 2.65. The normalized spacial score (nSPS) is 14.1. The van der Waals surface area contributed by atoms with Gasteiger partial charge in [0.15, 0.2) is 0 Å². The monoisotopic (exact) mass is 353 g/mol. The van der Waals surface area contributed by atoms with Crippen molar-refractivity contribution in [1.82, 2.24) is 9.55 Å². The third-order valence-corrected chi connectivity index (χ3v) is 4.70. The maximum absolute atomic E-state index is 12.8. The standard InChI is InChI=1S/C21H27N3O2/c1-13(2)11-21(4,22)12-26-15-6-7-16-17-8-9-23-14(3)19(17)24(5)20(25)18(16)10-15/h6-10,13H,11-12,22H2,1-5H3/t21-/m0/s1. The molecule has 1 atom stereocenters. The second kappa shape index (κ2) is 6.72. The van der Waals surface area contributed by atoms with E-state index < -0.39 is 5.54 Å². The van der Waals surface area contributed by atoms with Gasteiger partial charge in [0.05, 0.1) is 16.6 Å². The lowest BCUT2D eigenvalue weighted by Gasteiger charge is -2.26. The maximum atomic E-state index is 12.8. The molecular weight excluding hydrogens is 326 g/mol. The van der Waals surface area contributed by atoms with Crippen LogP contribution < -0.4 is 16.0 Å². The first-order valence-corrected chi connectivity index (χ1v) is 8.99. The van der Waals surface area contributed by atoms with Crippen molar-refractivity contribution in [2.24, 2.45) is 18.7 Å². The van der Waals surface area contributed by atoms with Crippen LogP contribution in [0.15, 0.2) is 35.3 Å². The summed E-state index contributed by atoms with van der Waals surface area (Å²) >= 11 is 0. The van der Waals surface area contributed by atoms with Gasteiger partial charge in [-0.3, -0.25) is 9.78 Å². The molecule has 2 heterocycles. The molecule has 0 unspecified atom stereocenters. The van der Waals surface area contributed by atoms with Crippen molar-refractivity contribution in [3.8, 4) is 5.75 Å². The van der Waals surface area contributed by atoms with Gasteiger partial charge >= 0.3 is 0 Å². The summed E-state index contributed by atoms with van der Waals surface area (Å²) in [7, 11) is 1.78. The van der Waals surface area contributed by atoms with Crippen molar-refractivity contribution in [2.75, 3.05) is 6.61 Å². The second-order valence-electron chi connectivity index (χ2n) is 7.90. The van der Waals surface area contributed by atoms with E-state index in [9.17, 15) is 4.79 Å². The molecule has 2 aromatic heterocycles. The van der Waals surface area contributed by atoms with E-state index in [0.29, 0.717) is 23.7 Å². The number of benzene rings is 1. The van der Waals surface area contributed by atoms with Crippen LogP contribution in [0.4, 0.5) is 0 Å². The molecule has 0 aliphatic carbocycles. The fourth-order valence-corrected chi connectivity index (χ4v) is 3.75. The summed E-state index contributed by atoms with van der Waals surface area (Å²) < 4.78 is 7.59. The highest BCUT2D eigenvalue weighted by Gasteiger charge is 2.21. The van der Waals surface area contributed by atoms with Crippen LogP contribution in [0.5, 0.6) is 5.75 Å². The van der Waals surface area contributed by atoms with Crippen LogP contribution in [0.1, 0.15) is 32.9 Å². The van der Waals surface area contributed by atoms with Crippen molar-refractivity contribution in [1.29, 1.82) is 0 Å². The fourth-order valence-electron chi connectivity index (χ4n) is 3.75. The number of nitrogens with two attached hydrogens (primary N) is 1. The zero-order valence-electron chi connectivity index (χ0n) is 16.2. The lowest BCUT2D eigenvalue weighted by molar-refractivity contribution is 0.207. The average Bonchev–Trinajstić information content (AvgIpc) is 2.56. The molecule has 0 radical (unpaired) electrons. The van der Waals surface area contributed by atoms with Crippen LogP contribution in [-0.4, -0.2) is 21.7 Å². The summed E-state index contributed by atoms with van der Waals surface area (Å²) in [6, 6.07) is 7.62. The van der Waals surface area contributed by atoms with Crippen LogP contribution in [0.25, 0.3) is 21.7 Å². The molecular formula is C21H27N3O2. The second-order valence-corrected chi connectivity index (χ2v) is 7.90. The largest absolute Gasteiger partial charge is 0.492 e. The molecule has 0 spiro atoms. The SMILES string of the molecule is Cc1nccc2c3ccc(OC[C@@](C)(N)CC(C)C)cc3c(=O)n(C)c12. The summed E-state index contributed by atoms with van der Waals surface area (Å²) in [4.78, 5) is 17.2. The zero-order valence-corrected chi connectivity index (χ0v) is 16.2. The van der Waals surface area contributed by atoms with E-state index in [2.05, 4.69) is 18.8 Å². The van der Waals surface area contributed by atoms with Gasteiger partial charge in [-0.25, -0.2) is 0 Å². The number of ether oxygens (including phenoxy) is 1. The van der Waals surface area contributed by atoms with E-state index in [4.69, 9.17) is 10.5 Å². The van der Waals surface area contributed by atoms with Crippen molar-refractivity contribution >= 4 is 21.7 Å². The van der Waals surface area contributed by atoms with Gasteiger partial charge in [0.25, 0.3) is 5.56 Å². The molecule has 3 rings (SSSR count). The first kappa shape index (κ1) is 18.4. The van der Waals surface area contributed by atoms with Crippen molar-refractivity contribution in [2.45, 2.75) is 39.7 Å². The number of fused-ring (bicyclic) bond motifs is 3. The van der Waals surface area contributed by atoms with Crippen molar-refractivity contribution < 1.29 is 4.74 Å². The molecule has 3 aromatic rings. The van der Waals surface area contributed by atoms with Gasteiger partial charge in [0.1, 0.15) is 12.4 Å². The Bertz CT molecular complexity index is 1020. The quantitative estimate of drug-likeness (QED) is 0.712. The Hall–Kier alpha value is -2.40. The average molecular weight is 353 g/mol.